The van der Waals surface area contributed by atoms with Gasteiger partial charge in [-0.15, -0.1) is 0 Å². The topological polar surface area (TPSA) is 75.1 Å². The van der Waals surface area contributed by atoms with Gasteiger partial charge in [-0.3, -0.25) is 0 Å². The lowest BCUT2D eigenvalue weighted by Crippen LogP contribution is -2.13. The van der Waals surface area contributed by atoms with Crippen molar-refractivity contribution in [2.45, 2.75) is 18.9 Å². The average Bonchev–Trinajstić information content (AvgIpc) is 2.81. The first-order valence-corrected chi connectivity index (χ1v) is 6.24. The molecule has 2 N–H and O–H groups in total. The van der Waals surface area contributed by atoms with Crippen LogP contribution in [0.2, 0.25) is 0 Å². The van der Waals surface area contributed by atoms with E-state index < -0.39 is 5.97 Å². The maximum absolute atomic E-state index is 13.2. The molecule has 5 nitrogen and oxygen atoms in total. The molecule has 1 aliphatic rings. The Morgan fingerprint density at radius 3 is 2.95 bits per heavy atom. The number of carbonyl (C=O) groups is 1. The summed E-state index contributed by atoms with van der Waals surface area (Å²) in [4.78, 5) is 18.9. The lowest BCUT2D eigenvalue weighted by atomic mass is 10.1. The van der Waals surface area contributed by atoms with Crippen LogP contribution in [-0.4, -0.2) is 21.0 Å². The van der Waals surface area contributed by atoms with Crippen molar-refractivity contribution in [3.05, 3.63) is 53.2 Å². The Kier molecular flexibility index (Phi) is 3.06. The highest BCUT2D eigenvalue weighted by Gasteiger charge is 2.25. The van der Waals surface area contributed by atoms with E-state index in [4.69, 9.17) is 5.11 Å². The molecule has 1 heterocycles. The predicted octanol–water partition coefficient (Wildman–Crippen LogP) is 2.41. The number of anilines is 1. The van der Waals surface area contributed by atoms with Crippen LogP contribution in [0, 0.1) is 5.82 Å². The Labute approximate surface area is 114 Å². The largest absolute Gasteiger partial charge is 0.476 e. The number of aromatic carboxylic acids is 1. The first-order chi connectivity index (χ1) is 9.65. The van der Waals surface area contributed by atoms with Crippen LogP contribution in [0.1, 0.15) is 34.1 Å². The molecule has 6 heteroatoms. The second kappa shape index (κ2) is 4.88. The van der Waals surface area contributed by atoms with Gasteiger partial charge in [0.05, 0.1) is 6.04 Å². The molecule has 0 saturated carbocycles. The molecule has 0 radical (unpaired) electrons. The molecule has 0 saturated heterocycles. The van der Waals surface area contributed by atoms with Crippen molar-refractivity contribution in [3.63, 3.8) is 0 Å². The Morgan fingerprint density at radius 1 is 1.35 bits per heavy atom. The van der Waals surface area contributed by atoms with Gasteiger partial charge in [0.15, 0.2) is 11.5 Å². The fourth-order valence-electron chi connectivity index (χ4n) is 2.50. The van der Waals surface area contributed by atoms with Gasteiger partial charge in [-0.25, -0.2) is 19.2 Å². The number of carboxylic acids is 1. The SMILES string of the molecule is O=C(O)c1nccnc1N[C@H]1CCc2cc(F)ccc21. The fraction of sp³-hybridized carbons (Fsp3) is 0.214. The normalized spacial score (nSPS) is 16.8. The highest BCUT2D eigenvalue weighted by Crippen LogP contribution is 2.34. The van der Waals surface area contributed by atoms with E-state index in [0.29, 0.717) is 0 Å². The van der Waals surface area contributed by atoms with E-state index in [1.165, 1.54) is 24.5 Å². The summed E-state index contributed by atoms with van der Waals surface area (Å²) in [5, 5.41) is 12.2. The van der Waals surface area contributed by atoms with Gasteiger partial charge in [0.2, 0.25) is 0 Å². The molecule has 1 atom stereocenters. The molecule has 1 aromatic carbocycles. The summed E-state index contributed by atoms with van der Waals surface area (Å²) in [6, 6.07) is 4.59. The van der Waals surface area contributed by atoms with Crippen molar-refractivity contribution >= 4 is 11.8 Å². The van der Waals surface area contributed by atoms with Crippen LogP contribution in [0.5, 0.6) is 0 Å². The molecule has 102 valence electrons. The predicted molar refractivity (Wildman–Crippen MR) is 70.1 cm³/mol. The highest BCUT2D eigenvalue weighted by atomic mass is 19.1. The monoisotopic (exact) mass is 273 g/mol. The number of aryl methyl sites for hydroxylation is 1. The molecular formula is C14H12FN3O2. The van der Waals surface area contributed by atoms with Gasteiger partial charge < -0.3 is 10.4 Å². The maximum atomic E-state index is 13.2. The second-order valence-electron chi connectivity index (χ2n) is 4.64. The van der Waals surface area contributed by atoms with Crippen molar-refractivity contribution in [2.75, 3.05) is 5.32 Å². The Morgan fingerprint density at radius 2 is 2.15 bits per heavy atom. The Bertz CT molecular complexity index is 675. The number of nitrogens with one attached hydrogen (secondary N) is 1. The molecule has 0 aliphatic heterocycles. The van der Waals surface area contributed by atoms with Crippen LogP contribution < -0.4 is 5.32 Å². The minimum Gasteiger partial charge on any atom is -0.476 e. The number of aromatic nitrogens is 2. The zero-order chi connectivity index (χ0) is 14.1. The number of fused-ring (bicyclic) bond motifs is 1. The van der Waals surface area contributed by atoms with E-state index in [1.54, 1.807) is 6.07 Å². The molecule has 0 bridgehead atoms. The molecule has 1 aliphatic carbocycles. The minimum atomic E-state index is -1.13. The molecule has 0 amide bonds. The fourth-order valence-corrected chi connectivity index (χ4v) is 2.50. The van der Waals surface area contributed by atoms with Gasteiger partial charge in [-0.2, -0.15) is 0 Å². The Hall–Kier alpha value is -2.50. The standard InChI is InChI=1S/C14H12FN3O2/c15-9-2-3-10-8(7-9)1-4-11(10)18-13-12(14(19)20)16-5-6-17-13/h2-3,5-7,11H,1,4H2,(H,17,18)(H,19,20)/t11-/m0/s1. The summed E-state index contributed by atoms with van der Waals surface area (Å²) in [6.07, 6.45) is 4.31. The lowest BCUT2D eigenvalue weighted by molar-refractivity contribution is 0.0691. The van der Waals surface area contributed by atoms with Crippen LogP contribution in [0.3, 0.4) is 0 Å². The van der Waals surface area contributed by atoms with Crippen LogP contribution in [-0.2, 0) is 6.42 Å². The maximum Gasteiger partial charge on any atom is 0.358 e. The second-order valence-corrected chi connectivity index (χ2v) is 4.64. The van der Waals surface area contributed by atoms with Gasteiger partial charge >= 0.3 is 5.97 Å². The van der Waals surface area contributed by atoms with E-state index in [9.17, 15) is 9.18 Å². The lowest BCUT2D eigenvalue weighted by Gasteiger charge is -2.15. The van der Waals surface area contributed by atoms with Gasteiger partial charge in [-0.1, -0.05) is 6.07 Å². The van der Waals surface area contributed by atoms with Crippen molar-refractivity contribution in [1.82, 2.24) is 9.97 Å². The molecule has 20 heavy (non-hydrogen) atoms. The van der Waals surface area contributed by atoms with E-state index >= 15 is 0 Å². The van der Waals surface area contributed by atoms with Gasteiger partial charge in [-0.05, 0) is 36.1 Å². The van der Waals surface area contributed by atoms with Crippen LogP contribution in [0.15, 0.2) is 30.6 Å². The zero-order valence-electron chi connectivity index (χ0n) is 10.5. The van der Waals surface area contributed by atoms with E-state index in [1.807, 2.05) is 0 Å². The number of rotatable bonds is 3. The van der Waals surface area contributed by atoms with Crippen molar-refractivity contribution in [2.24, 2.45) is 0 Å². The van der Waals surface area contributed by atoms with E-state index in [2.05, 4.69) is 15.3 Å². The van der Waals surface area contributed by atoms with Gasteiger partial charge in [0, 0.05) is 12.4 Å². The number of hydrogen-bond donors (Lipinski definition) is 2. The van der Waals surface area contributed by atoms with Crippen molar-refractivity contribution < 1.29 is 14.3 Å². The molecule has 2 aromatic rings. The molecular weight excluding hydrogens is 261 g/mol. The summed E-state index contributed by atoms with van der Waals surface area (Å²) in [5.41, 5.74) is 1.82. The van der Waals surface area contributed by atoms with Crippen LogP contribution >= 0.6 is 0 Å². The zero-order valence-corrected chi connectivity index (χ0v) is 10.5. The molecule has 0 spiro atoms. The first-order valence-electron chi connectivity index (χ1n) is 6.24. The van der Waals surface area contributed by atoms with Gasteiger partial charge in [0.1, 0.15) is 5.82 Å². The first kappa shape index (κ1) is 12.5. The summed E-state index contributed by atoms with van der Waals surface area (Å²) < 4.78 is 13.2. The number of halogens is 1. The average molecular weight is 273 g/mol. The van der Waals surface area contributed by atoms with Gasteiger partial charge in [0.25, 0.3) is 0 Å². The van der Waals surface area contributed by atoms with Crippen LogP contribution in [0.25, 0.3) is 0 Å². The Balaban J connectivity index is 1.90. The quantitative estimate of drug-likeness (QED) is 0.898. The van der Waals surface area contributed by atoms with Crippen molar-refractivity contribution in [3.8, 4) is 0 Å². The third-order valence-corrected chi connectivity index (χ3v) is 3.39. The number of hydrogen-bond acceptors (Lipinski definition) is 4. The van der Waals surface area contributed by atoms with Crippen LogP contribution in [0.4, 0.5) is 10.2 Å². The number of nitrogens with zero attached hydrogens (tertiary/aromatic N) is 2. The molecule has 0 fully saturated rings. The smallest absolute Gasteiger partial charge is 0.358 e. The molecule has 0 unspecified atom stereocenters. The summed E-state index contributed by atoms with van der Waals surface area (Å²) in [7, 11) is 0. The third-order valence-electron chi connectivity index (χ3n) is 3.39. The summed E-state index contributed by atoms with van der Waals surface area (Å²) in [5.74, 6) is -1.14. The molecule has 1 aromatic heterocycles. The third kappa shape index (κ3) is 2.20. The van der Waals surface area contributed by atoms with Crippen molar-refractivity contribution in [1.29, 1.82) is 0 Å². The minimum absolute atomic E-state index is 0.0691. The summed E-state index contributed by atoms with van der Waals surface area (Å²) in [6.45, 7) is 0. The summed E-state index contributed by atoms with van der Waals surface area (Å²) >= 11 is 0. The number of benzene rings is 1. The molecule has 3 rings (SSSR count). The highest BCUT2D eigenvalue weighted by molar-refractivity contribution is 5.90. The van der Waals surface area contributed by atoms with E-state index in [-0.39, 0.29) is 23.4 Å². The number of carboxylic acid groups (broad SMARTS) is 1. The van der Waals surface area contributed by atoms with E-state index in [0.717, 1.165) is 24.0 Å².